The Hall–Kier alpha value is -3.11. The van der Waals surface area contributed by atoms with Crippen molar-refractivity contribution >= 4 is 22.1 Å². The summed E-state index contributed by atoms with van der Waals surface area (Å²) < 4.78 is 40.0. The summed E-state index contributed by atoms with van der Waals surface area (Å²) >= 11 is 0. The quantitative estimate of drug-likeness (QED) is 0.507. The van der Waals surface area contributed by atoms with Gasteiger partial charge in [-0.3, -0.25) is 4.18 Å². The first-order chi connectivity index (χ1) is 13.5. The minimum atomic E-state index is -3.96. The van der Waals surface area contributed by atoms with E-state index in [1.165, 1.54) is 24.3 Å². The molecule has 3 rings (SSSR count). The van der Waals surface area contributed by atoms with Gasteiger partial charge >= 0.3 is 17.7 Å². The van der Waals surface area contributed by atoms with Gasteiger partial charge in [-0.15, -0.1) is 0 Å². The molecular formula is C19H18O9S. The summed E-state index contributed by atoms with van der Waals surface area (Å²) in [5.41, 5.74) is 1.46. The van der Waals surface area contributed by atoms with Gasteiger partial charge in [-0.05, 0) is 50.1 Å². The van der Waals surface area contributed by atoms with Gasteiger partial charge in [0, 0.05) is 0 Å². The highest BCUT2D eigenvalue weighted by Crippen LogP contribution is 2.40. The molecule has 0 fully saturated rings. The van der Waals surface area contributed by atoms with Crippen molar-refractivity contribution in [3.63, 3.8) is 0 Å². The van der Waals surface area contributed by atoms with Crippen molar-refractivity contribution in [3.05, 3.63) is 53.6 Å². The van der Waals surface area contributed by atoms with Gasteiger partial charge in [-0.1, -0.05) is 23.8 Å². The Morgan fingerprint density at radius 2 is 1.62 bits per heavy atom. The van der Waals surface area contributed by atoms with Crippen LogP contribution in [0.5, 0.6) is 11.5 Å². The van der Waals surface area contributed by atoms with Crippen molar-refractivity contribution in [2.45, 2.75) is 37.1 Å². The molecule has 0 aromatic heterocycles. The maximum absolute atomic E-state index is 12.4. The number of rotatable bonds is 7. The summed E-state index contributed by atoms with van der Waals surface area (Å²) in [5.74, 6) is -6.56. The number of aliphatic carboxylic acids is 2. The Labute approximate surface area is 166 Å². The van der Waals surface area contributed by atoms with E-state index in [0.29, 0.717) is 5.56 Å². The van der Waals surface area contributed by atoms with Crippen LogP contribution in [0.2, 0.25) is 0 Å². The van der Waals surface area contributed by atoms with Crippen LogP contribution in [0.3, 0.4) is 0 Å². The number of hydrogen-bond acceptors (Lipinski definition) is 7. The molecule has 10 heteroatoms. The lowest BCUT2D eigenvalue weighted by Gasteiger charge is -2.16. The van der Waals surface area contributed by atoms with E-state index in [0.717, 1.165) is 5.56 Å². The molecule has 29 heavy (non-hydrogen) atoms. The number of carboxylic acids is 2. The van der Waals surface area contributed by atoms with Gasteiger partial charge in [0.2, 0.25) is 0 Å². The fraction of sp³-hybridized carbons (Fsp3) is 0.263. The van der Waals surface area contributed by atoms with Crippen LogP contribution in [0.1, 0.15) is 18.1 Å². The predicted molar refractivity (Wildman–Crippen MR) is 98.3 cm³/mol. The number of hydrogen-bond donors (Lipinski definition) is 2. The van der Waals surface area contributed by atoms with Crippen LogP contribution in [0.25, 0.3) is 0 Å². The van der Waals surface area contributed by atoms with Crippen molar-refractivity contribution in [2.75, 3.05) is 0 Å². The first-order valence-electron chi connectivity index (χ1n) is 8.51. The van der Waals surface area contributed by atoms with Crippen LogP contribution in [0.4, 0.5) is 0 Å². The molecule has 1 aliphatic heterocycles. The Kier molecular flexibility index (Phi) is 5.24. The maximum atomic E-state index is 12.4. The fourth-order valence-corrected chi connectivity index (χ4v) is 3.86. The molecule has 0 saturated heterocycles. The molecule has 0 unspecified atom stereocenters. The Balaban J connectivity index is 1.73. The number of fused-ring (bicyclic) bond motifs is 1. The van der Waals surface area contributed by atoms with Crippen LogP contribution in [0.15, 0.2) is 47.4 Å². The Morgan fingerprint density at radius 1 is 1.03 bits per heavy atom. The van der Waals surface area contributed by atoms with Gasteiger partial charge in [0.15, 0.2) is 11.5 Å². The van der Waals surface area contributed by atoms with Gasteiger partial charge in [0.05, 0.1) is 11.0 Å². The smallest absolute Gasteiger partial charge is 0.453 e. The van der Waals surface area contributed by atoms with Gasteiger partial charge in [0.25, 0.3) is 10.1 Å². The third-order valence-corrected chi connectivity index (χ3v) is 5.63. The molecule has 1 heterocycles. The lowest BCUT2D eigenvalue weighted by Crippen LogP contribution is -2.54. The van der Waals surface area contributed by atoms with E-state index in [9.17, 15) is 18.0 Å². The van der Waals surface area contributed by atoms with Gasteiger partial charge in [-0.25, -0.2) is 9.59 Å². The molecule has 0 radical (unpaired) electrons. The van der Waals surface area contributed by atoms with Crippen molar-refractivity contribution < 1.29 is 41.9 Å². The molecule has 1 aliphatic rings. The zero-order valence-corrected chi connectivity index (χ0v) is 16.3. The van der Waals surface area contributed by atoms with E-state index >= 15 is 0 Å². The van der Waals surface area contributed by atoms with Crippen molar-refractivity contribution in [3.8, 4) is 11.5 Å². The first-order valence-corrected chi connectivity index (χ1v) is 9.92. The summed E-state index contributed by atoms with van der Waals surface area (Å²) in [4.78, 5) is 22.6. The largest absolute Gasteiger partial charge is 0.475 e. The highest BCUT2D eigenvalue weighted by Gasteiger charge is 2.57. The van der Waals surface area contributed by atoms with Crippen LogP contribution < -0.4 is 9.47 Å². The summed E-state index contributed by atoms with van der Waals surface area (Å²) in [5, 5.41) is 18.3. The maximum Gasteiger partial charge on any atom is 0.453 e. The van der Waals surface area contributed by atoms with Crippen molar-refractivity contribution in [1.82, 2.24) is 0 Å². The molecule has 9 nitrogen and oxygen atoms in total. The highest BCUT2D eigenvalue weighted by molar-refractivity contribution is 7.86. The van der Waals surface area contributed by atoms with E-state index in [-0.39, 0.29) is 22.8 Å². The van der Waals surface area contributed by atoms with E-state index in [1.807, 2.05) is 6.92 Å². The fourth-order valence-electron chi connectivity index (χ4n) is 2.78. The van der Waals surface area contributed by atoms with Crippen LogP contribution in [-0.4, -0.2) is 42.5 Å². The molecular weight excluding hydrogens is 404 g/mol. The van der Waals surface area contributed by atoms with Crippen molar-refractivity contribution in [1.29, 1.82) is 0 Å². The highest BCUT2D eigenvalue weighted by atomic mass is 32.2. The Bertz CT molecular complexity index is 1040. The van der Waals surface area contributed by atoms with E-state index in [1.54, 1.807) is 25.1 Å². The Morgan fingerprint density at radius 3 is 2.21 bits per heavy atom. The molecule has 1 atom stereocenters. The molecule has 2 N–H and O–H groups in total. The summed E-state index contributed by atoms with van der Waals surface area (Å²) in [7, 11) is -3.96. The molecule has 0 amide bonds. The van der Waals surface area contributed by atoms with E-state index in [4.69, 9.17) is 23.9 Å². The zero-order chi connectivity index (χ0) is 21.4. The first kappa shape index (κ1) is 20.6. The number of benzene rings is 2. The number of carbonyl (C=O) groups is 2. The molecule has 154 valence electrons. The monoisotopic (exact) mass is 422 g/mol. The number of ether oxygens (including phenoxy) is 2. The minimum absolute atomic E-state index is 0.0355. The van der Waals surface area contributed by atoms with Gasteiger partial charge < -0.3 is 19.7 Å². The second-order valence-corrected chi connectivity index (χ2v) is 8.16. The number of carboxylic acid groups (broad SMARTS) is 2. The molecule has 0 aliphatic carbocycles. The molecule has 0 bridgehead atoms. The summed E-state index contributed by atoms with van der Waals surface area (Å²) in [6.45, 7) is 3.40. The topological polar surface area (TPSA) is 136 Å². The standard InChI is InChI=1S/C19H18O9S/c1-11-3-6-14(7-4-11)29(24,25)28-12(2)9-13-5-8-15-16(10-13)27-19(26-15,17(20)21)18(22)23/h3-8,10,12H,9H2,1-2H3,(H,20,21)(H,22,23)/t12-/m0/s1. The van der Waals surface area contributed by atoms with Crippen LogP contribution >= 0.6 is 0 Å². The van der Waals surface area contributed by atoms with Gasteiger partial charge in [-0.2, -0.15) is 8.42 Å². The van der Waals surface area contributed by atoms with E-state index < -0.39 is 33.9 Å². The predicted octanol–water partition coefficient (Wildman–Crippen LogP) is 1.97. The summed E-state index contributed by atoms with van der Waals surface area (Å²) in [6, 6.07) is 10.5. The zero-order valence-electron chi connectivity index (χ0n) is 15.5. The molecule has 0 spiro atoms. The lowest BCUT2D eigenvalue weighted by atomic mass is 10.1. The molecule has 2 aromatic rings. The van der Waals surface area contributed by atoms with Gasteiger partial charge in [0.1, 0.15) is 0 Å². The summed E-state index contributed by atoms with van der Waals surface area (Å²) in [6.07, 6.45) is -0.597. The molecule has 0 saturated carbocycles. The van der Waals surface area contributed by atoms with Crippen LogP contribution in [0, 0.1) is 6.92 Å². The second-order valence-electron chi connectivity index (χ2n) is 6.59. The minimum Gasteiger partial charge on any atom is -0.475 e. The lowest BCUT2D eigenvalue weighted by molar-refractivity contribution is -0.194. The third kappa shape index (κ3) is 4.03. The second kappa shape index (κ2) is 7.37. The average molecular weight is 422 g/mol. The molecule has 2 aromatic carbocycles. The SMILES string of the molecule is Cc1ccc(S(=O)(=O)O[C@@H](C)Cc2ccc3c(c2)OC(C(=O)O)(C(=O)O)O3)cc1. The average Bonchev–Trinajstić information content (AvgIpc) is 3.02. The third-order valence-electron chi connectivity index (χ3n) is 4.20. The van der Waals surface area contributed by atoms with Crippen molar-refractivity contribution in [2.24, 2.45) is 0 Å². The normalized spacial score (nSPS) is 15.7. The number of aryl methyl sites for hydroxylation is 1. The van der Waals surface area contributed by atoms with Crippen LogP contribution in [-0.2, 0) is 30.3 Å². The van der Waals surface area contributed by atoms with E-state index in [2.05, 4.69) is 0 Å².